The highest BCUT2D eigenvalue weighted by molar-refractivity contribution is 5.87. The fraction of sp³-hybridized carbons (Fsp3) is 0.786. The van der Waals surface area contributed by atoms with Crippen molar-refractivity contribution in [3.63, 3.8) is 0 Å². The number of hydrogen-bond donors (Lipinski definition) is 0. The van der Waals surface area contributed by atoms with Crippen LogP contribution in [0.4, 0.5) is 0 Å². The van der Waals surface area contributed by atoms with Gasteiger partial charge in [0, 0.05) is 17.8 Å². The van der Waals surface area contributed by atoms with Crippen molar-refractivity contribution in [3.8, 4) is 0 Å². The molecule has 3 rings (SSSR count). The lowest BCUT2D eigenvalue weighted by atomic mass is 9.42. The van der Waals surface area contributed by atoms with Crippen LogP contribution in [0.1, 0.15) is 45.4 Å². The number of ketones is 1. The van der Waals surface area contributed by atoms with Crippen LogP contribution < -0.4 is 0 Å². The Morgan fingerprint density at radius 1 is 1.47 bits per heavy atom. The third-order valence-electron chi connectivity index (χ3n) is 5.00. The van der Waals surface area contributed by atoms with E-state index in [1.54, 1.807) is 0 Å². The van der Waals surface area contributed by atoms with E-state index in [9.17, 15) is 4.79 Å². The number of unbranched alkanes of at least 4 members (excludes halogenated alkanes) is 2. The average molecular weight is 204 g/mol. The number of Topliss-reactive ketones (excluding diaryl/α,β-unsaturated/α-hetero) is 1. The molecule has 3 aliphatic carbocycles. The highest BCUT2D eigenvalue weighted by atomic mass is 16.1. The van der Waals surface area contributed by atoms with Crippen LogP contribution in [0.5, 0.6) is 0 Å². The van der Waals surface area contributed by atoms with Gasteiger partial charge >= 0.3 is 0 Å². The Hall–Kier alpha value is -0.590. The zero-order chi connectivity index (χ0) is 10.5. The lowest BCUT2D eigenvalue weighted by Crippen LogP contribution is -2.58. The number of hydrogen-bond acceptors (Lipinski definition) is 1. The monoisotopic (exact) mass is 204 g/mol. The zero-order valence-corrected chi connectivity index (χ0v) is 9.54. The molecule has 0 saturated heterocycles. The van der Waals surface area contributed by atoms with E-state index in [2.05, 4.69) is 19.1 Å². The molecule has 0 aliphatic heterocycles. The summed E-state index contributed by atoms with van der Waals surface area (Å²) in [5.74, 6) is 2.50. The molecular weight excluding hydrogens is 184 g/mol. The minimum atomic E-state index is 0.383. The first kappa shape index (κ1) is 9.62. The Bertz CT molecular complexity index is 317. The quantitative estimate of drug-likeness (QED) is 0.507. The van der Waals surface area contributed by atoms with E-state index < -0.39 is 0 Å². The van der Waals surface area contributed by atoms with Gasteiger partial charge < -0.3 is 0 Å². The molecule has 2 fully saturated rings. The van der Waals surface area contributed by atoms with Crippen molar-refractivity contribution in [3.05, 3.63) is 12.2 Å². The average Bonchev–Trinajstić information content (AvgIpc) is 2.53. The lowest BCUT2D eigenvalue weighted by Gasteiger charge is -2.61. The summed E-state index contributed by atoms with van der Waals surface area (Å²) in [5, 5.41) is 0. The zero-order valence-electron chi connectivity index (χ0n) is 9.54. The SMILES string of the molecule is CCCCC[C@@H]1[C@@H]2C=CC23CCC(=O)[C@@H]13. The van der Waals surface area contributed by atoms with Gasteiger partial charge in [-0.25, -0.2) is 0 Å². The molecule has 1 spiro atoms. The fourth-order valence-corrected chi connectivity index (χ4v) is 4.21. The van der Waals surface area contributed by atoms with Crippen LogP contribution in [-0.4, -0.2) is 5.78 Å². The summed E-state index contributed by atoms with van der Waals surface area (Å²) in [7, 11) is 0. The predicted octanol–water partition coefficient (Wildman–Crippen LogP) is 3.35. The van der Waals surface area contributed by atoms with E-state index >= 15 is 0 Å². The van der Waals surface area contributed by atoms with Gasteiger partial charge in [-0.1, -0.05) is 38.3 Å². The second-order valence-electron chi connectivity index (χ2n) is 5.60. The molecule has 4 atom stereocenters. The van der Waals surface area contributed by atoms with Crippen molar-refractivity contribution < 1.29 is 4.79 Å². The van der Waals surface area contributed by atoms with Gasteiger partial charge in [-0.3, -0.25) is 4.79 Å². The Labute approximate surface area is 91.9 Å². The first-order valence-corrected chi connectivity index (χ1v) is 6.51. The lowest BCUT2D eigenvalue weighted by molar-refractivity contribution is -0.137. The molecule has 1 nitrogen and oxygen atoms in total. The summed E-state index contributed by atoms with van der Waals surface area (Å²) in [5.41, 5.74) is 0.383. The van der Waals surface area contributed by atoms with E-state index in [4.69, 9.17) is 0 Å². The summed E-state index contributed by atoms with van der Waals surface area (Å²) >= 11 is 0. The smallest absolute Gasteiger partial charge is 0.137 e. The van der Waals surface area contributed by atoms with E-state index in [-0.39, 0.29) is 0 Å². The minimum Gasteiger partial charge on any atom is -0.299 e. The molecular formula is C14H20O. The van der Waals surface area contributed by atoms with E-state index in [0.29, 0.717) is 17.1 Å². The third-order valence-corrected chi connectivity index (χ3v) is 5.00. The van der Waals surface area contributed by atoms with Crippen LogP contribution in [-0.2, 0) is 4.79 Å². The molecule has 0 N–H and O–H groups in total. The highest BCUT2D eigenvalue weighted by Crippen LogP contribution is 2.70. The van der Waals surface area contributed by atoms with Crippen LogP contribution in [0.25, 0.3) is 0 Å². The standard InChI is InChI=1S/C14H20O/c1-2-3-4-5-10-11-6-8-14(11)9-7-12(15)13(10)14/h6,8,10-11,13H,2-5,7,9H2,1H3/t10-,11+,13-,14?/m1/s1. The van der Waals surface area contributed by atoms with Crippen LogP contribution in [0.2, 0.25) is 0 Å². The van der Waals surface area contributed by atoms with Crippen LogP contribution >= 0.6 is 0 Å². The van der Waals surface area contributed by atoms with Crippen molar-refractivity contribution >= 4 is 5.78 Å². The van der Waals surface area contributed by atoms with Gasteiger partial charge in [-0.05, 0) is 24.7 Å². The molecule has 15 heavy (non-hydrogen) atoms. The molecule has 0 bridgehead atoms. The molecule has 0 aromatic carbocycles. The second-order valence-corrected chi connectivity index (χ2v) is 5.60. The van der Waals surface area contributed by atoms with Gasteiger partial charge in [-0.2, -0.15) is 0 Å². The topological polar surface area (TPSA) is 17.1 Å². The molecule has 1 unspecified atom stereocenters. The second kappa shape index (κ2) is 3.20. The van der Waals surface area contributed by atoms with Gasteiger partial charge in [0.25, 0.3) is 0 Å². The summed E-state index contributed by atoms with van der Waals surface area (Å²) in [4.78, 5) is 11.8. The molecule has 0 amide bonds. The molecule has 1 heteroatoms. The van der Waals surface area contributed by atoms with Gasteiger partial charge in [0.15, 0.2) is 0 Å². The van der Waals surface area contributed by atoms with Crippen LogP contribution in [0.3, 0.4) is 0 Å². The largest absolute Gasteiger partial charge is 0.299 e. The summed E-state index contributed by atoms with van der Waals surface area (Å²) in [6.07, 6.45) is 12.0. The highest BCUT2D eigenvalue weighted by Gasteiger charge is 2.67. The molecule has 0 radical (unpaired) electrons. The summed E-state index contributed by atoms with van der Waals surface area (Å²) in [6.45, 7) is 2.25. The van der Waals surface area contributed by atoms with Crippen molar-refractivity contribution in [2.45, 2.75) is 45.4 Å². The van der Waals surface area contributed by atoms with E-state index in [1.165, 1.54) is 25.7 Å². The molecule has 2 saturated carbocycles. The normalized spacial score (nSPS) is 45.7. The Morgan fingerprint density at radius 2 is 2.33 bits per heavy atom. The maximum atomic E-state index is 11.8. The van der Waals surface area contributed by atoms with Crippen LogP contribution in [0.15, 0.2) is 12.2 Å². The molecule has 82 valence electrons. The van der Waals surface area contributed by atoms with Crippen molar-refractivity contribution in [2.24, 2.45) is 23.2 Å². The van der Waals surface area contributed by atoms with Gasteiger partial charge in [0.1, 0.15) is 5.78 Å². The first-order chi connectivity index (χ1) is 7.29. The number of allylic oxidation sites excluding steroid dienone is 2. The van der Waals surface area contributed by atoms with Crippen molar-refractivity contribution in [1.29, 1.82) is 0 Å². The van der Waals surface area contributed by atoms with Crippen molar-refractivity contribution in [2.75, 3.05) is 0 Å². The maximum absolute atomic E-state index is 11.8. The molecule has 0 aromatic heterocycles. The van der Waals surface area contributed by atoms with Gasteiger partial charge in [-0.15, -0.1) is 0 Å². The van der Waals surface area contributed by atoms with Gasteiger partial charge in [0.2, 0.25) is 0 Å². The maximum Gasteiger partial charge on any atom is 0.137 e. The van der Waals surface area contributed by atoms with Crippen LogP contribution in [0, 0.1) is 23.2 Å². The van der Waals surface area contributed by atoms with E-state index in [0.717, 1.165) is 24.7 Å². The summed E-state index contributed by atoms with van der Waals surface area (Å²) in [6, 6.07) is 0. The minimum absolute atomic E-state index is 0.383. The number of rotatable bonds is 4. The Morgan fingerprint density at radius 3 is 3.00 bits per heavy atom. The number of carbonyl (C=O) groups excluding carboxylic acids is 1. The van der Waals surface area contributed by atoms with Crippen molar-refractivity contribution in [1.82, 2.24) is 0 Å². The third kappa shape index (κ3) is 1.07. The Balaban J connectivity index is 1.67. The molecule has 0 aromatic rings. The number of carbonyl (C=O) groups is 1. The Kier molecular flexibility index (Phi) is 2.05. The predicted molar refractivity (Wildman–Crippen MR) is 60.4 cm³/mol. The molecule has 0 heterocycles. The first-order valence-electron chi connectivity index (χ1n) is 6.51. The summed E-state index contributed by atoms with van der Waals surface area (Å²) < 4.78 is 0. The molecule has 3 aliphatic rings. The van der Waals surface area contributed by atoms with E-state index in [1.807, 2.05) is 0 Å². The van der Waals surface area contributed by atoms with Gasteiger partial charge in [0.05, 0.1) is 0 Å². The fourth-order valence-electron chi connectivity index (χ4n) is 4.21.